The summed E-state index contributed by atoms with van der Waals surface area (Å²) in [6, 6.07) is 8.05. The molecule has 0 bridgehead atoms. The number of fused-ring (bicyclic) bond motifs is 1. The van der Waals surface area contributed by atoms with Crippen molar-refractivity contribution in [2.24, 2.45) is 5.92 Å². The molecular weight excluding hydrogens is 364 g/mol. The van der Waals surface area contributed by atoms with Gasteiger partial charge in [0.05, 0.1) is 17.6 Å². The minimum atomic E-state index is -0.341. The van der Waals surface area contributed by atoms with Gasteiger partial charge in [0.25, 0.3) is 0 Å². The summed E-state index contributed by atoms with van der Waals surface area (Å²) in [6.07, 6.45) is 2.84. The molecule has 0 saturated carbocycles. The van der Waals surface area contributed by atoms with Gasteiger partial charge in [0.15, 0.2) is 0 Å². The first-order valence-electron chi connectivity index (χ1n) is 8.90. The Morgan fingerprint density at radius 2 is 2.19 bits per heavy atom. The number of nitrogens with one attached hydrogen (secondary N) is 1. The molecule has 1 aromatic carbocycles. The van der Waals surface area contributed by atoms with E-state index in [0.717, 1.165) is 28.9 Å². The molecule has 1 N–H and O–H groups in total. The topological polar surface area (TPSA) is 93.0 Å². The number of anilines is 1. The van der Waals surface area contributed by atoms with Crippen LogP contribution in [0.25, 0.3) is 10.9 Å². The summed E-state index contributed by atoms with van der Waals surface area (Å²) in [7, 11) is 0. The highest BCUT2D eigenvalue weighted by Gasteiger charge is 2.36. The van der Waals surface area contributed by atoms with Crippen molar-refractivity contribution < 1.29 is 9.59 Å². The molecule has 0 spiro atoms. The number of benzene rings is 1. The van der Waals surface area contributed by atoms with Gasteiger partial charge in [-0.2, -0.15) is 5.10 Å². The standard InChI is InChI=1S/C18H20N6O2S/c1-12-21-22-18(27-12)23-11-14(9-16(23)25)17(26)19-7-4-8-24-15-6-3-2-5-13(15)10-20-24/h2-3,5-6,10,14H,4,7-9,11H2,1H3,(H,19,26). The van der Waals surface area contributed by atoms with Crippen molar-refractivity contribution in [1.82, 2.24) is 25.3 Å². The molecule has 9 heteroatoms. The lowest BCUT2D eigenvalue weighted by Crippen LogP contribution is -2.33. The lowest BCUT2D eigenvalue weighted by molar-refractivity contribution is -0.126. The van der Waals surface area contributed by atoms with Gasteiger partial charge in [0.2, 0.25) is 16.9 Å². The lowest BCUT2D eigenvalue weighted by Gasteiger charge is -2.12. The number of carbonyl (C=O) groups is 2. The molecule has 1 unspecified atom stereocenters. The molecule has 3 heterocycles. The Morgan fingerprint density at radius 3 is 3.00 bits per heavy atom. The number of hydrogen-bond acceptors (Lipinski definition) is 6. The average molecular weight is 384 g/mol. The number of aryl methyl sites for hydroxylation is 2. The molecule has 1 atom stereocenters. The predicted octanol–water partition coefficient (Wildman–Crippen LogP) is 1.76. The molecule has 27 heavy (non-hydrogen) atoms. The molecule has 0 radical (unpaired) electrons. The highest BCUT2D eigenvalue weighted by molar-refractivity contribution is 7.15. The third-order valence-electron chi connectivity index (χ3n) is 4.64. The summed E-state index contributed by atoms with van der Waals surface area (Å²) in [5.41, 5.74) is 1.09. The van der Waals surface area contributed by atoms with Crippen LogP contribution in [0.2, 0.25) is 0 Å². The van der Waals surface area contributed by atoms with Gasteiger partial charge < -0.3 is 5.32 Å². The minimum Gasteiger partial charge on any atom is -0.356 e. The molecule has 8 nitrogen and oxygen atoms in total. The predicted molar refractivity (Wildman–Crippen MR) is 102 cm³/mol. The number of amides is 2. The Hall–Kier alpha value is -2.81. The number of hydrogen-bond donors (Lipinski definition) is 1. The molecule has 1 fully saturated rings. The summed E-state index contributed by atoms with van der Waals surface area (Å²) in [4.78, 5) is 26.1. The Kier molecular flexibility index (Phi) is 4.85. The van der Waals surface area contributed by atoms with Crippen LogP contribution in [-0.2, 0) is 16.1 Å². The van der Waals surface area contributed by atoms with Gasteiger partial charge >= 0.3 is 0 Å². The van der Waals surface area contributed by atoms with Gasteiger partial charge in [-0.1, -0.05) is 29.5 Å². The highest BCUT2D eigenvalue weighted by Crippen LogP contribution is 2.27. The summed E-state index contributed by atoms with van der Waals surface area (Å²) >= 11 is 1.36. The van der Waals surface area contributed by atoms with E-state index in [2.05, 4.69) is 20.6 Å². The largest absolute Gasteiger partial charge is 0.356 e. The van der Waals surface area contributed by atoms with Crippen LogP contribution in [-0.4, -0.2) is 44.9 Å². The van der Waals surface area contributed by atoms with Crippen molar-refractivity contribution in [2.75, 3.05) is 18.0 Å². The van der Waals surface area contributed by atoms with Gasteiger partial charge in [-0.15, -0.1) is 10.2 Å². The molecule has 4 rings (SSSR count). The maximum Gasteiger partial charge on any atom is 0.229 e. The van der Waals surface area contributed by atoms with E-state index in [9.17, 15) is 9.59 Å². The Morgan fingerprint density at radius 1 is 1.33 bits per heavy atom. The van der Waals surface area contributed by atoms with Crippen molar-refractivity contribution in [3.63, 3.8) is 0 Å². The molecule has 1 aliphatic heterocycles. The second kappa shape index (κ2) is 7.43. The van der Waals surface area contributed by atoms with Crippen LogP contribution in [0.1, 0.15) is 17.8 Å². The van der Waals surface area contributed by atoms with E-state index < -0.39 is 0 Å². The number of para-hydroxylation sites is 1. The van der Waals surface area contributed by atoms with Crippen LogP contribution < -0.4 is 10.2 Å². The zero-order chi connectivity index (χ0) is 18.8. The summed E-state index contributed by atoms with van der Waals surface area (Å²) < 4.78 is 1.94. The maximum absolute atomic E-state index is 12.4. The molecule has 1 aliphatic rings. The molecule has 140 valence electrons. The van der Waals surface area contributed by atoms with E-state index in [1.165, 1.54) is 11.3 Å². The first kappa shape index (κ1) is 17.6. The number of nitrogens with zero attached hydrogens (tertiary/aromatic N) is 5. The Bertz CT molecular complexity index is 981. The van der Waals surface area contributed by atoms with Gasteiger partial charge in [-0.05, 0) is 19.4 Å². The van der Waals surface area contributed by atoms with Crippen LogP contribution >= 0.6 is 11.3 Å². The lowest BCUT2D eigenvalue weighted by atomic mass is 10.1. The van der Waals surface area contributed by atoms with Gasteiger partial charge in [-0.3, -0.25) is 19.2 Å². The van der Waals surface area contributed by atoms with Crippen molar-refractivity contribution in [3.8, 4) is 0 Å². The number of aromatic nitrogens is 4. The second-order valence-electron chi connectivity index (χ2n) is 6.58. The van der Waals surface area contributed by atoms with Gasteiger partial charge in [-0.25, -0.2) is 0 Å². The van der Waals surface area contributed by atoms with Crippen LogP contribution in [0.5, 0.6) is 0 Å². The smallest absolute Gasteiger partial charge is 0.229 e. The van der Waals surface area contributed by atoms with Crippen LogP contribution in [0.4, 0.5) is 5.13 Å². The second-order valence-corrected chi connectivity index (χ2v) is 7.74. The molecule has 0 aliphatic carbocycles. The minimum absolute atomic E-state index is 0.0747. The summed E-state index contributed by atoms with van der Waals surface area (Å²) in [5.74, 6) is -0.501. The van der Waals surface area contributed by atoms with Crippen molar-refractivity contribution >= 4 is 39.2 Å². The number of rotatable bonds is 6. The maximum atomic E-state index is 12.4. The van der Waals surface area contributed by atoms with Crippen LogP contribution in [0.15, 0.2) is 30.5 Å². The van der Waals surface area contributed by atoms with E-state index >= 15 is 0 Å². The quantitative estimate of drug-likeness (QED) is 0.654. The monoisotopic (exact) mass is 384 g/mol. The van der Waals surface area contributed by atoms with Gasteiger partial charge in [0.1, 0.15) is 5.01 Å². The third-order valence-corrected chi connectivity index (χ3v) is 5.50. The highest BCUT2D eigenvalue weighted by atomic mass is 32.1. The molecule has 3 aromatic rings. The van der Waals surface area contributed by atoms with Crippen molar-refractivity contribution in [1.29, 1.82) is 0 Å². The van der Waals surface area contributed by atoms with E-state index in [-0.39, 0.29) is 24.2 Å². The van der Waals surface area contributed by atoms with E-state index in [1.54, 1.807) is 4.90 Å². The van der Waals surface area contributed by atoms with Crippen LogP contribution in [0.3, 0.4) is 0 Å². The molecule has 2 amide bonds. The zero-order valence-corrected chi connectivity index (χ0v) is 15.8. The first-order chi connectivity index (χ1) is 13.1. The average Bonchev–Trinajstić information content (AvgIpc) is 3.37. The van der Waals surface area contributed by atoms with E-state index in [4.69, 9.17) is 0 Å². The first-order valence-corrected chi connectivity index (χ1v) is 9.72. The molecule has 1 saturated heterocycles. The van der Waals surface area contributed by atoms with Crippen LogP contribution in [0, 0.1) is 12.8 Å². The van der Waals surface area contributed by atoms with Gasteiger partial charge in [0, 0.05) is 31.4 Å². The van der Waals surface area contributed by atoms with E-state index in [1.807, 2.05) is 42.1 Å². The zero-order valence-electron chi connectivity index (χ0n) is 15.0. The Labute approximate surface area is 160 Å². The number of carbonyl (C=O) groups excluding carboxylic acids is 2. The SMILES string of the molecule is Cc1nnc(N2CC(C(=O)NCCCn3ncc4ccccc43)CC2=O)s1. The van der Waals surface area contributed by atoms with Crippen molar-refractivity contribution in [2.45, 2.75) is 26.3 Å². The Balaban J connectivity index is 1.27. The summed E-state index contributed by atoms with van der Waals surface area (Å²) in [5, 5.41) is 17.7. The fourth-order valence-electron chi connectivity index (χ4n) is 3.25. The fourth-order valence-corrected chi connectivity index (χ4v) is 3.97. The third kappa shape index (κ3) is 3.68. The van der Waals surface area contributed by atoms with E-state index in [0.29, 0.717) is 18.2 Å². The normalized spacial score (nSPS) is 17.0. The molecular formula is C18H20N6O2S. The van der Waals surface area contributed by atoms with Crippen molar-refractivity contribution in [3.05, 3.63) is 35.5 Å². The molecule has 2 aromatic heterocycles. The summed E-state index contributed by atoms with van der Waals surface area (Å²) in [6.45, 7) is 3.49. The fraction of sp³-hybridized carbons (Fsp3) is 0.389.